The Kier molecular flexibility index (Phi) is 0.992. The molecule has 0 aliphatic rings. The van der Waals surface area contributed by atoms with E-state index < -0.39 is 0 Å². The molecule has 32 valence electrons. The average Bonchev–Trinajstić information content (AvgIpc) is 1.86. The Bertz CT molecular complexity index is 111. The van der Waals surface area contributed by atoms with Gasteiger partial charge in [-0.05, 0) is 0 Å². The summed E-state index contributed by atoms with van der Waals surface area (Å²) in [6.07, 6.45) is 0. The van der Waals surface area contributed by atoms with Crippen molar-refractivity contribution < 1.29 is 5.11 Å². The van der Waals surface area contributed by atoms with Crippen molar-refractivity contribution in [2.75, 3.05) is 0 Å². The Hall–Kier alpha value is -0.201. The quantitative estimate of drug-likeness (QED) is 0.528. The first-order chi connectivity index (χ1) is 2.89. The third-order valence-electron chi connectivity index (χ3n) is 0.506. The van der Waals surface area contributed by atoms with Crippen LogP contribution in [0.5, 0.6) is 5.75 Å². The first-order valence-electron chi connectivity index (χ1n) is 1.61. The van der Waals surface area contributed by atoms with E-state index in [1.54, 1.807) is 6.07 Å². The first kappa shape index (κ1) is 3.97. The second-order valence-corrected chi connectivity index (χ2v) is 2.62. The molecule has 1 aromatic heterocycles. The van der Waals surface area contributed by atoms with Gasteiger partial charge in [0.05, 0.1) is 0 Å². The molecule has 0 aliphatic heterocycles. The Morgan fingerprint density at radius 2 is 2.50 bits per heavy atom. The predicted octanol–water partition coefficient (Wildman–Crippen LogP) is 0.449. The topological polar surface area (TPSA) is 20.2 Å². The van der Waals surface area contributed by atoms with E-state index in [-0.39, 0.29) is 0 Å². The van der Waals surface area contributed by atoms with Crippen molar-refractivity contribution in [1.29, 1.82) is 0 Å². The summed E-state index contributed by atoms with van der Waals surface area (Å²) in [5, 5.41) is 8.52. The molecule has 0 saturated carbocycles. The summed E-state index contributed by atoms with van der Waals surface area (Å²) >= 11 is 0.448. The first-order valence-corrected chi connectivity index (χ1v) is 3.58. The number of rotatable bonds is 0. The monoisotopic (exact) mass is 148 g/mol. The maximum atomic E-state index is 8.52. The predicted molar refractivity (Wildman–Crippen MR) is 25.0 cm³/mol. The maximum absolute atomic E-state index is 8.52. The fraction of sp³-hybridized carbons (Fsp3) is 0. The molecule has 0 unspecified atom stereocenters. The van der Waals surface area contributed by atoms with E-state index in [4.69, 9.17) is 5.11 Å². The fourth-order valence-corrected chi connectivity index (χ4v) is 1.34. The second-order valence-electron chi connectivity index (χ2n) is 0.982. The molecule has 1 nitrogen and oxygen atoms in total. The van der Waals surface area contributed by atoms with Gasteiger partial charge in [-0.25, -0.2) is 0 Å². The molecule has 0 aromatic carbocycles. The minimum absolute atomic E-state index is 0.426. The SMILES string of the molecule is Oc1cc[se]c1. The molecule has 0 saturated heterocycles. The zero-order chi connectivity index (χ0) is 4.41. The van der Waals surface area contributed by atoms with Crippen LogP contribution < -0.4 is 0 Å². The third-order valence-corrected chi connectivity index (χ3v) is 1.91. The van der Waals surface area contributed by atoms with Crippen molar-refractivity contribution >= 4 is 14.5 Å². The summed E-state index contributed by atoms with van der Waals surface area (Å²) in [7, 11) is 0. The van der Waals surface area contributed by atoms with E-state index in [9.17, 15) is 0 Å². The van der Waals surface area contributed by atoms with Crippen LogP contribution in [0.1, 0.15) is 0 Å². The average molecular weight is 147 g/mol. The van der Waals surface area contributed by atoms with Gasteiger partial charge in [0.2, 0.25) is 0 Å². The van der Waals surface area contributed by atoms with Crippen molar-refractivity contribution in [3.8, 4) is 5.75 Å². The van der Waals surface area contributed by atoms with Crippen LogP contribution in [0.15, 0.2) is 15.9 Å². The normalized spacial score (nSPS) is 8.67. The summed E-state index contributed by atoms with van der Waals surface area (Å²) in [4.78, 5) is 3.80. The zero-order valence-electron chi connectivity index (χ0n) is 3.09. The van der Waals surface area contributed by atoms with Gasteiger partial charge in [0.25, 0.3) is 0 Å². The Balaban J connectivity index is 3.05. The van der Waals surface area contributed by atoms with Crippen LogP contribution in [0.4, 0.5) is 0 Å². The molecule has 1 N–H and O–H groups in total. The van der Waals surface area contributed by atoms with Gasteiger partial charge in [-0.3, -0.25) is 0 Å². The molecule has 0 fully saturated rings. The molecule has 1 heterocycles. The van der Waals surface area contributed by atoms with E-state index in [1.807, 2.05) is 9.88 Å². The molecule has 0 atom stereocenters. The van der Waals surface area contributed by atoms with Crippen LogP contribution in [-0.4, -0.2) is 19.6 Å². The molecule has 0 aliphatic carbocycles. The second kappa shape index (κ2) is 1.50. The van der Waals surface area contributed by atoms with E-state index in [2.05, 4.69) is 0 Å². The molecule has 0 spiro atoms. The van der Waals surface area contributed by atoms with Crippen molar-refractivity contribution in [3.63, 3.8) is 0 Å². The van der Waals surface area contributed by atoms with Gasteiger partial charge in [-0.2, -0.15) is 0 Å². The third kappa shape index (κ3) is 0.644. The van der Waals surface area contributed by atoms with E-state index in [1.165, 1.54) is 0 Å². The van der Waals surface area contributed by atoms with E-state index in [0.29, 0.717) is 20.3 Å². The van der Waals surface area contributed by atoms with Gasteiger partial charge in [-0.1, -0.05) is 0 Å². The summed E-state index contributed by atoms with van der Waals surface area (Å²) in [5.74, 6) is 0.426. The van der Waals surface area contributed by atoms with Crippen LogP contribution in [0.25, 0.3) is 0 Å². The minimum atomic E-state index is 0.426. The summed E-state index contributed by atoms with van der Waals surface area (Å²) in [6.45, 7) is 0. The van der Waals surface area contributed by atoms with Gasteiger partial charge in [0.1, 0.15) is 0 Å². The summed E-state index contributed by atoms with van der Waals surface area (Å²) < 4.78 is 0. The molecule has 0 bridgehead atoms. The molecule has 1 aromatic rings. The molecular weight excluding hydrogens is 143 g/mol. The Morgan fingerprint density at radius 3 is 2.67 bits per heavy atom. The van der Waals surface area contributed by atoms with Gasteiger partial charge in [-0.15, -0.1) is 0 Å². The number of hydrogen-bond donors (Lipinski definition) is 1. The zero-order valence-corrected chi connectivity index (χ0v) is 4.80. The Labute approximate surface area is 42.0 Å². The van der Waals surface area contributed by atoms with Crippen molar-refractivity contribution in [3.05, 3.63) is 15.9 Å². The standard InChI is InChI=1S/C4H4OSe/c5-4-1-2-6-3-4/h1-3,5H. The molecule has 0 radical (unpaired) electrons. The number of hydrogen-bond acceptors (Lipinski definition) is 1. The van der Waals surface area contributed by atoms with E-state index >= 15 is 0 Å². The van der Waals surface area contributed by atoms with Gasteiger partial charge < -0.3 is 0 Å². The summed E-state index contributed by atoms with van der Waals surface area (Å²) in [5.41, 5.74) is 0. The van der Waals surface area contributed by atoms with Gasteiger partial charge in [0.15, 0.2) is 0 Å². The van der Waals surface area contributed by atoms with Crippen molar-refractivity contribution in [1.82, 2.24) is 0 Å². The van der Waals surface area contributed by atoms with Crippen LogP contribution >= 0.6 is 0 Å². The van der Waals surface area contributed by atoms with Gasteiger partial charge >= 0.3 is 41.3 Å². The summed E-state index contributed by atoms with van der Waals surface area (Å²) in [6, 6.07) is 1.72. The van der Waals surface area contributed by atoms with Crippen molar-refractivity contribution in [2.24, 2.45) is 0 Å². The number of aromatic hydroxyl groups is 1. The Morgan fingerprint density at radius 1 is 1.67 bits per heavy atom. The fourth-order valence-electron chi connectivity index (χ4n) is 0.257. The van der Waals surface area contributed by atoms with Crippen LogP contribution in [0.2, 0.25) is 0 Å². The van der Waals surface area contributed by atoms with E-state index in [0.717, 1.165) is 0 Å². The molecule has 6 heavy (non-hydrogen) atoms. The van der Waals surface area contributed by atoms with Crippen molar-refractivity contribution in [2.45, 2.75) is 0 Å². The van der Waals surface area contributed by atoms with Crippen LogP contribution in [-0.2, 0) is 0 Å². The van der Waals surface area contributed by atoms with Crippen LogP contribution in [0, 0.1) is 0 Å². The molecule has 2 heteroatoms. The van der Waals surface area contributed by atoms with Crippen LogP contribution in [0.3, 0.4) is 0 Å². The molecular formula is C4H4OSe. The molecule has 0 amide bonds. The van der Waals surface area contributed by atoms with Gasteiger partial charge in [0, 0.05) is 0 Å². The molecule has 1 rings (SSSR count).